The van der Waals surface area contributed by atoms with E-state index in [1.807, 2.05) is 12.3 Å². The standard InChI is InChI=1S/C10H10BrNO2S/c1-6-12-7(5-15-6)4-9(13)10-8(11)2-3-14-10/h2-3,5,9,13H,4H2,1H3. The summed E-state index contributed by atoms with van der Waals surface area (Å²) in [6.07, 6.45) is 1.39. The van der Waals surface area contributed by atoms with Gasteiger partial charge in [-0.3, -0.25) is 0 Å². The normalized spacial score (nSPS) is 13.0. The second kappa shape index (κ2) is 4.47. The van der Waals surface area contributed by atoms with Crippen molar-refractivity contribution in [1.29, 1.82) is 0 Å². The van der Waals surface area contributed by atoms with Crippen molar-refractivity contribution in [3.05, 3.63) is 38.6 Å². The molecule has 0 radical (unpaired) electrons. The van der Waals surface area contributed by atoms with Crippen LogP contribution in [-0.2, 0) is 6.42 Å². The number of aryl methyl sites for hydroxylation is 1. The first-order valence-electron chi connectivity index (χ1n) is 4.49. The highest BCUT2D eigenvalue weighted by atomic mass is 79.9. The van der Waals surface area contributed by atoms with Crippen molar-refractivity contribution < 1.29 is 9.52 Å². The van der Waals surface area contributed by atoms with E-state index in [9.17, 15) is 5.11 Å². The zero-order valence-corrected chi connectivity index (χ0v) is 10.5. The molecule has 1 N–H and O–H groups in total. The Kier molecular flexibility index (Phi) is 3.23. The number of halogens is 1. The van der Waals surface area contributed by atoms with E-state index in [1.54, 1.807) is 23.7 Å². The molecule has 1 atom stereocenters. The summed E-state index contributed by atoms with van der Waals surface area (Å²) in [4.78, 5) is 4.29. The maximum atomic E-state index is 9.89. The van der Waals surface area contributed by atoms with Crippen LogP contribution < -0.4 is 0 Å². The van der Waals surface area contributed by atoms with Crippen LogP contribution in [0.2, 0.25) is 0 Å². The zero-order valence-electron chi connectivity index (χ0n) is 8.11. The van der Waals surface area contributed by atoms with Gasteiger partial charge in [-0.05, 0) is 28.9 Å². The summed E-state index contributed by atoms with van der Waals surface area (Å²) in [7, 11) is 0. The first kappa shape index (κ1) is 10.9. The molecule has 0 spiro atoms. The molecule has 15 heavy (non-hydrogen) atoms. The average Bonchev–Trinajstić information content (AvgIpc) is 2.75. The summed E-state index contributed by atoms with van der Waals surface area (Å²) < 4.78 is 5.98. The van der Waals surface area contributed by atoms with Crippen LogP contribution >= 0.6 is 27.3 Å². The highest BCUT2D eigenvalue weighted by molar-refractivity contribution is 9.10. The van der Waals surface area contributed by atoms with Crippen LogP contribution in [0.3, 0.4) is 0 Å². The molecule has 1 unspecified atom stereocenters. The molecular formula is C10H10BrNO2S. The molecule has 0 saturated heterocycles. The molecule has 0 bridgehead atoms. The van der Waals surface area contributed by atoms with E-state index in [-0.39, 0.29) is 0 Å². The smallest absolute Gasteiger partial charge is 0.146 e. The lowest BCUT2D eigenvalue weighted by molar-refractivity contribution is 0.148. The van der Waals surface area contributed by atoms with Crippen molar-refractivity contribution >= 4 is 27.3 Å². The molecule has 0 fully saturated rings. The first-order valence-corrected chi connectivity index (χ1v) is 6.16. The van der Waals surface area contributed by atoms with E-state index in [4.69, 9.17) is 4.42 Å². The van der Waals surface area contributed by atoms with Crippen LogP contribution in [0.5, 0.6) is 0 Å². The minimum Gasteiger partial charge on any atom is -0.465 e. The second-order valence-corrected chi connectivity index (χ2v) is 5.13. The van der Waals surface area contributed by atoms with Gasteiger partial charge in [0.1, 0.15) is 11.9 Å². The van der Waals surface area contributed by atoms with Gasteiger partial charge in [0.2, 0.25) is 0 Å². The van der Waals surface area contributed by atoms with Crippen molar-refractivity contribution in [3.63, 3.8) is 0 Å². The minimum atomic E-state index is -0.643. The third kappa shape index (κ3) is 2.48. The maximum absolute atomic E-state index is 9.89. The van der Waals surface area contributed by atoms with Crippen LogP contribution in [0.15, 0.2) is 26.6 Å². The molecule has 2 heterocycles. The number of aliphatic hydroxyl groups is 1. The molecule has 2 aromatic rings. The van der Waals surface area contributed by atoms with Crippen molar-refractivity contribution in [2.75, 3.05) is 0 Å². The lowest BCUT2D eigenvalue weighted by Gasteiger charge is -2.05. The Bertz CT molecular complexity index is 452. The molecule has 0 aliphatic carbocycles. The fraction of sp³-hybridized carbons (Fsp3) is 0.300. The molecule has 0 aromatic carbocycles. The van der Waals surface area contributed by atoms with Crippen molar-refractivity contribution in [1.82, 2.24) is 4.98 Å². The zero-order chi connectivity index (χ0) is 10.8. The lowest BCUT2D eigenvalue weighted by atomic mass is 10.2. The van der Waals surface area contributed by atoms with Gasteiger partial charge >= 0.3 is 0 Å². The minimum absolute atomic E-state index is 0.483. The Morgan fingerprint density at radius 2 is 2.47 bits per heavy atom. The number of rotatable bonds is 3. The summed E-state index contributed by atoms with van der Waals surface area (Å²) in [6.45, 7) is 1.95. The van der Waals surface area contributed by atoms with E-state index in [0.29, 0.717) is 12.2 Å². The van der Waals surface area contributed by atoms with E-state index in [1.165, 1.54) is 0 Å². The van der Waals surface area contributed by atoms with Gasteiger partial charge < -0.3 is 9.52 Å². The molecule has 5 heteroatoms. The summed E-state index contributed by atoms with van der Waals surface area (Å²) in [6, 6.07) is 1.77. The van der Waals surface area contributed by atoms with Gasteiger partial charge in [-0.25, -0.2) is 4.98 Å². The number of furan rings is 1. The number of thiazole rings is 1. The molecule has 0 aliphatic heterocycles. The molecular weight excluding hydrogens is 278 g/mol. The number of aromatic nitrogens is 1. The predicted molar refractivity (Wildman–Crippen MR) is 61.9 cm³/mol. The Balaban J connectivity index is 2.10. The number of hydrogen-bond donors (Lipinski definition) is 1. The number of aliphatic hydroxyl groups excluding tert-OH is 1. The molecule has 0 amide bonds. The highest BCUT2D eigenvalue weighted by Gasteiger charge is 2.16. The Morgan fingerprint density at radius 3 is 3.00 bits per heavy atom. The van der Waals surface area contributed by atoms with Gasteiger partial charge in [0.05, 0.1) is 21.4 Å². The first-order chi connectivity index (χ1) is 7.16. The molecule has 0 aliphatic rings. The number of hydrogen-bond acceptors (Lipinski definition) is 4. The van der Waals surface area contributed by atoms with Crippen LogP contribution in [0.1, 0.15) is 22.6 Å². The van der Waals surface area contributed by atoms with E-state index in [0.717, 1.165) is 15.2 Å². The van der Waals surface area contributed by atoms with Gasteiger partial charge in [-0.2, -0.15) is 0 Å². The fourth-order valence-corrected chi connectivity index (χ4v) is 2.43. The molecule has 0 saturated carbocycles. The van der Waals surface area contributed by atoms with Crippen molar-refractivity contribution in [2.24, 2.45) is 0 Å². The molecule has 3 nitrogen and oxygen atoms in total. The van der Waals surface area contributed by atoms with Crippen LogP contribution in [0.4, 0.5) is 0 Å². The third-order valence-corrected chi connectivity index (χ3v) is 3.49. The van der Waals surface area contributed by atoms with Crippen LogP contribution in [0, 0.1) is 6.92 Å². The fourth-order valence-electron chi connectivity index (χ4n) is 1.34. The Morgan fingerprint density at radius 1 is 1.67 bits per heavy atom. The van der Waals surface area contributed by atoms with Gasteiger partial charge in [-0.1, -0.05) is 0 Å². The summed E-state index contributed by atoms with van der Waals surface area (Å²) in [5.41, 5.74) is 0.897. The highest BCUT2D eigenvalue weighted by Crippen LogP contribution is 2.27. The van der Waals surface area contributed by atoms with Gasteiger partial charge in [0, 0.05) is 11.8 Å². The van der Waals surface area contributed by atoms with E-state index < -0.39 is 6.10 Å². The molecule has 2 aromatic heterocycles. The largest absolute Gasteiger partial charge is 0.465 e. The van der Waals surface area contributed by atoms with Gasteiger partial charge in [0.15, 0.2) is 0 Å². The topological polar surface area (TPSA) is 46.3 Å². The quantitative estimate of drug-likeness (QED) is 0.944. The molecule has 80 valence electrons. The van der Waals surface area contributed by atoms with E-state index >= 15 is 0 Å². The molecule has 2 rings (SSSR count). The van der Waals surface area contributed by atoms with Crippen LogP contribution in [0.25, 0.3) is 0 Å². The van der Waals surface area contributed by atoms with Gasteiger partial charge in [-0.15, -0.1) is 11.3 Å². The Labute approximate surface area is 99.9 Å². The maximum Gasteiger partial charge on any atom is 0.146 e. The van der Waals surface area contributed by atoms with Crippen LogP contribution in [-0.4, -0.2) is 10.1 Å². The Hall–Kier alpha value is -0.650. The average molecular weight is 288 g/mol. The van der Waals surface area contributed by atoms with E-state index in [2.05, 4.69) is 20.9 Å². The van der Waals surface area contributed by atoms with Gasteiger partial charge in [0.25, 0.3) is 0 Å². The third-order valence-electron chi connectivity index (χ3n) is 2.02. The van der Waals surface area contributed by atoms with Crippen molar-refractivity contribution in [2.45, 2.75) is 19.4 Å². The summed E-state index contributed by atoms with van der Waals surface area (Å²) >= 11 is 4.90. The summed E-state index contributed by atoms with van der Waals surface area (Å²) in [5.74, 6) is 0.556. The van der Waals surface area contributed by atoms with Crippen molar-refractivity contribution in [3.8, 4) is 0 Å². The predicted octanol–water partition coefficient (Wildman–Crippen LogP) is 3.08. The lowest BCUT2D eigenvalue weighted by Crippen LogP contribution is -2.01. The summed E-state index contributed by atoms with van der Waals surface area (Å²) in [5, 5.41) is 12.9. The monoisotopic (exact) mass is 287 g/mol. The SMILES string of the molecule is Cc1nc(CC(O)c2occc2Br)cs1. The number of nitrogens with zero attached hydrogens (tertiary/aromatic N) is 1. The second-order valence-electron chi connectivity index (χ2n) is 3.21.